The molecular formula is C15H18BrNO4. The molecule has 0 spiro atoms. The Morgan fingerprint density at radius 1 is 1.38 bits per heavy atom. The van der Waals surface area contributed by atoms with Crippen LogP contribution in [0.1, 0.15) is 25.3 Å². The van der Waals surface area contributed by atoms with E-state index in [0.29, 0.717) is 26.2 Å². The van der Waals surface area contributed by atoms with Crippen LogP contribution in [0.2, 0.25) is 0 Å². The summed E-state index contributed by atoms with van der Waals surface area (Å²) in [5.74, 6) is 0.712. The van der Waals surface area contributed by atoms with Crippen LogP contribution in [-0.4, -0.2) is 41.3 Å². The first-order valence-electron chi connectivity index (χ1n) is 7.07. The molecule has 1 atom stereocenters. The molecule has 1 aromatic carbocycles. The molecule has 0 saturated carbocycles. The number of fused-ring (bicyclic) bond motifs is 1. The van der Waals surface area contributed by atoms with Crippen molar-refractivity contribution in [2.75, 3.05) is 19.8 Å². The van der Waals surface area contributed by atoms with Crippen LogP contribution in [-0.2, 0) is 11.3 Å². The number of hydrogen-bond acceptors (Lipinski definition) is 4. The molecule has 0 radical (unpaired) electrons. The van der Waals surface area contributed by atoms with E-state index in [1.165, 1.54) is 0 Å². The Bertz CT molecular complexity index is 577. The van der Waals surface area contributed by atoms with Crippen LogP contribution in [0.5, 0.6) is 11.5 Å². The Balaban J connectivity index is 1.86. The molecule has 21 heavy (non-hydrogen) atoms. The van der Waals surface area contributed by atoms with E-state index in [4.69, 9.17) is 9.47 Å². The molecule has 0 amide bonds. The van der Waals surface area contributed by atoms with Gasteiger partial charge in [0.05, 0.1) is 0 Å². The number of halogens is 1. The van der Waals surface area contributed by atoms with Crippen molar-refractivity contribution in [1.82, 2.24) is 4.90 Å². The minimum Gasteiger partial charge on any atom is -0.486 e. The second-order valence-corrected chi connectivity index (χ2v) is 6.55. The lowest BCUT2D eigenvalue weighted by atomic mass is 9.99. The van der Waals surface area contributed by atoms with Crippen LogP contribution >= 0.6 is 15.9 Å². The molecular weight excluding hydrogens is 338 g/mol. The van der Waals surface area contributed by atoms with Crippen molar-refractivity contribution in [3.8, 4) is 11.5 Å². The standard InChI is InChI=1S/C15H18BrNO4/c1-15(14(18)19)3-2-4-17(15)9-10-7-12-13(8-11(10)16)21-6-5-20-12/h7-8H,2-6,9H2,1H3,(H,18,19). The molecule has 0 aromatic heterocycles. The molecule has 2 heterocycles. The fourth-order valence-corrected chi connectivity index (χ4v) is 3.40. The predicted octanol–water partition coefficient (Wildman–Crippen LogP) is 2.66. The number of benzene rings is 1. The van der Waals surface area contributed by atoms with Gasteiger partial charge >= 0.3 is 5.97 Å². The number of carboxylic acids is 1. The third-order valence-corrected chi connectivity index (χ3v) is 5.06. The van der Waals surface area contributed by atoms with E-state index in [1.807, 2.05) is 17.0 Å². The van der Waals surface area contributed by atoms with Crippen molar-refractivity contribution in [1.29, 1.82) is 0 Å². The maximum absolute atomic E-state index is 11.5. The monoisotopic (exact) mass is 355 g/mol. The van der Waals surface area contributed by atoms with E-state index in [-0.39, 0.29) is 0 Å². The Morgan fingerprint density at radius 2 is 2.05 bits per heavy atom. The van der Waals surface area contributed by atoms with Gasteiger partial charge in [-0.25, -0.2) is 0 Å². The third-order valence-electron chi connectivity index (χ3n) is 4.32. The molecule has 1 fully saturated rings. The van der Waals surface area contributed by atoms with Crippen LogP contribution in [0.15, 0.2) is 16.6 Å². The maximum atomic E-state index is 11.5. The highest BCUT2D eigenvalue weighted by molar-refractivity contribution is 9.10. The predicted molar refractivity (Wildman–Crippen MR) is 80.8 cm³/mol. The Hall–Kier alpha value is -1.27. The number of carbonyl (C=O) groups is 1. The lowest BCUT2D eigenvalue weighted by Crippen LogP contribution is -2.47. The van der Waals surface area contributed by atoms with Gasteiger partial charge in [-0.15, -0.1) is 0 Å². The number of carboxylic acid groups (broad SMARTS) is 1. The molecule has 2 aliphatic rings. The third kappa shape index (κ3) is 2.62. The van der Waals surface area contributed by atoms with Gasteiger partial charge < -0.3 is 14.6 Å². The van der Waals surface area contributed by atoms with Gasteiger partial charge in [0.25, 0.3) is 0 Å². The normalized spacial score (nSPS) is 25.0. The van der Waals surface area contributed by atoms with Gasteiger partial charge in [-0.05, 0) is 44.0 Å². The van der Waals surface area contributed by atoms with Gasteiger partial charge in [0.15, 0.2) is 11.5 Å². The zero-order chi connectivity index (χ0) is 15.0. The van der Waals surface area contributed by atoms with Gasteiger partial charge in [0.1, 0.15) is 18.8 Å². The summed E-state index contributed by atoms with van der Waals surface area (Å²) in [6.45, 7) is 4.28. The van der Waals surface area contributed by atoms with E-state index in [9.17, 15) is 9.90 Å². The highest BCUT2D eigenvalue weighted by Gasteiger charge is 2.43. The minimum absolute atomic E-state index is 0.546. The maximum Gasteiger partial charge on any atom is 0.323 e. The summed E-state index contributed by atoms with van der Waals surface area (Å²) >= 11 is 3.55. The topological polar surface area (TPSA) is 59.0 Å². The number of likely N-dealkylation sites (tertiary alicyclic amines) is 1. The first-order chi connectivity index (χ1) is 10.0. The fraction of sp³-hybridized carbons (Fsp3) is 0.533. The summed E-state index contributed by atoms with van der Waals surface area (Å²) in [5.41, 5.74) is 0.237. The van der Waals surface area contributed by atoms with Crippen molar-refractivity contribution in [2.45, 2.75) is 31.8 Å². The molecule has 1 aromatic rings. The van der Waals surface area contributed by atoms with E-state index >= 15 is 0 Å². The Labute approximate surface area is 132 Å². The zero-order valence-electron chi connectivity index (χ0n) is 11.9. The zero-order valence-corrected chi connectivity index (χ0v) is 13.5. The van der Waals surface area contributed by atoms with E-state index in [0.717, 1.165) is 34.5 Å². The summed E-state index contributed by atoms with van der Waals surface area (Å²) in [6, 6.07) is 3.84. The first kappa shape index (κ1) is 14.7. The number of rotatable bonds is 3. The van der Waals surface area contributed by atoms with E-state index in [1.54, 1.807) is 6.92 Å². The van der Waals surface area contributed by atoms with Crippen LogP contribution < -0.4 is 9.47 Å². The van der Waals surface area contributed by atoms with Crippen LogP contribution in [0, 0.1) is 0 Å². The molecule has 0 bridgehead atoms. The second kappa shape index (κ2) is 5.50. The van der Waals surface area contributed by atoms with E-state index in [2.05, 4.69) is 15.9 Å². The second-order valence-electron chi connectivity index (χ2n) is 5.69. The molecule has 1 saturated heterocycles. The molecule has 1 unspecified atom stereocenters. The lowest BCUT2D eigenvalue weighted by Gasteiger charge is -2.31. The number of aliphatic carboxylic acids is 1. The summed E-state index contributed by atoms with van der Waals surface area (Å²) in [5, 5.41) is 9.48. The van der Waals surface area contributed by atoms with Gasteiger partial charge in [0, 0.05) is 11.0 Å². The summed E-state index contributed by atoms with van der Waals surface area (Å²) in [7, 11) is 0. The van der Waals surface area contributed by atoms with Crippen LogP contribution in [0.25, 0.3) is 0 Å². The molecule has 5 nitrogen and oxygen atoms in total. The first-order valence-corrected chi connectivity index (χ1v) is 7.86. The summed E-state index contributed by atoms with van der Waals surface area (Å²) < 4.78 is 12.1. The molecule has 0 aliphatic carbocycles. The lowest BCUT2D eigenvalue weighted by molar-refractivity contribution is -0.148. The average molecular weight is 356 g/mol. The van der Waals surface area contributed by atoms with Crippen molar-refractivity contribution in [3.05, 3.63) is 22.2 Å². The van der Waals surface area contributed by atoms with Crippen molar-refractivity contribution < 1.29 is 19.4 Å². The van der Waals surface area contributed by atoms with Crippen LogP contribution in [0.3, 0.4) is 0 Å². The molecule has 6 heteroatoms. The largest absolute Gasteiger partial charge is 0.486 e. The minimum atomic E-state index is -0.785. The van der Waals surface area contributed by atoms with Crippen molar-refractivity contribution in [2.24, 2.45) is 0 Å². The Kier molecular flexibility index (Phi) is 3.84. The highest BCUT2D eigenvalue weighted by atomic mass is 79.9. The van der Waals surface area contributed by atoms with E-state index < -0.39 is 11.5 Å². The van der Waals surface area contributed by atoms with Gasteiger partial charge in [-0.1, -0.05) is 15.9 Å². The Morgan fingerprint density at radius 3 is 2.71 bits per heavy atom. The van der Waals surface area contributed by atoms with Crippen molar-refractivity contribution in [3.63, 3.8) is 0 Å². The summed E-state index contributed by atoms with van der Waals surface area (Å²) in [6.07, 6.45) is 1.59. The number of nitrogens with zero attached hydrogens (tertiary/aromatic N) is 1. The fourth-order valence-electron chi connectivity index (χ4n) is 2.95. The molecule has 114 valence electrons. The smallest absolute Gasteiger partial charge is 0.323 e. The SMILES string of the molecule is CC1(C(=O)O)CCCN1Cc1cc2c(cc1Br)OCCO2. The molecule has 2 aliphatic heterocycles. The number of hydrogen-bond donors (Lipinski definition) is 1. The molecule has 3 rings (SSSR count). The van der Waals surface area contributed by atoms with Gasteiger partial charge in [-0.2, -0.15) is 0 Å². The summed E-state index contributed by atoms with van der Waals surface area (Å²) in [4.78, 5) is 13.6. The van der Waals surface area contributed by atoms with Gasteiger partial charge in [-0.3, -0.25) is 9.69 Å². The molecule has 1 N–H and O–H groups in total. The van der Waals surface area contributed by atoms with Gasteiger partial charge in [0.2, 0.25) is 0 Å². The average Bonchev–Trinajstić information content (AvgIpc) is 2.82. The van der Waals surface area contributed by atoms with Crippen LogP contribution in [0.4, 0.5) is 0 Å². The highest BCUT2D eigenvalue weighted by Crippen LogP contribution is 2.38. The number of ether oxygens (including phenoxy) is 2. The van der Waals surface area contributed by atoms with Crippen molar-refractivity contribution >= 4 is 21.9 Å². The quantitative estimate of drug-likeness (QED) is 0.903.